The Morgan fingerprint density at radius 1 is 1.34 bits per heavy atom. The summed E-state index contributed by atoms with van der Waals surface area (Å²) in [6.07, 6.45) is 2.01. The van der Waals surface area contributed by atoms with E-state index in [1.54, 1.807) is 31.2 Å². The number of nitrogens with one attached hydrogen (secondary N) is 3. The number of amides is 2. The quantitative estimate of drug-likeness (QED) is 0.376. The molecule has 1 saturated heterocycles. The Labute approximate surface area is 188 Å². The lowest BCUT2D eigenvalue weighted by Crippen LogP contribution is -2.35. The lowest BCUT2D eigenvalue weighted by atomic mass is 10.2. The molecule has 2 aromatic rings. The second-order valence-corrected chi connectivity index (χ2v) is 7.45. The van der Waals surface area contributed by atoms with E-state index in [1.807, 2.05) is 0 Å². The van der Waals surface area contributed by atoms with Crippen molar-refractivity contribution in [2.75, 3.05) is 6.54 Å². The van der Waals surface area contributed by atoms with Crippen molar-refractivity contribution in [1.82, 2.24) is 10.6 Å². The van der Waals surface area contributed by atoms with Gasteiger partial charge in [-0.1, -0.05) is 11.6 Å². The Morgan fingerprint density at radius 2 is 2.06 bits per heavy atom. The van der Waals surface area contributed by atoms with Crippen molar-refractivity contribution >= 4 is 35.0 Å². The van der Waals surface area contributed by atoms with Crippen LogP contribution in [-0.2, 0) is 9.59 Å². The summed E-state index contributed by atoms with van der Waals surface area (Å²) in [7, 11) is 0. The molecule has 32 heavy (non-hydrogen) atoms. The molecule has 8 nitrogen and oxygen atoms in total. The fourth-order valence-corrected chi connectivity index (χ4v) is 3.12. The van der Waals surface area contributed by atoms with Gasteiger partial charge in [-0.15, -0.1) is 0 Å². The first-order valence-electron chi connectivity index (χ1n) is 9.66. The van der Waals surface area contributed by atoms with Gasteiger partial charge in [0.1, 0.15) is 17.5 Å². The Balaban J connectivity index is 1.72. The van der Waals surface area contributed by atoms with Gasteiger partial charge >= 0.3 is 0 Å². The van der Waals surface area contributed by atoms with Crippen LogP contribution in [0.15, 0.2) is 59.2 Å². The fourth-order valence-electron chi connectivity index (χ4n) is 2.96. The highest BCUT2D eigenvalue weighted by molar-refractivity contribution is 6.44. The average molecular weight is 458 g/mol. The molecule has 1 aliphatic heterocycles. The van der Waals surface area contributed by atoms with Gasteiger partial charge in [0.25, 0.3) is 5.91 Å². The Hall–Kier alpha value is -3.72. The van der Waals surface area contributed by atoms with Gasteiger partial charge in [0.05, 0.1) is 0 Å². The van der Waals surface area contributed by atoms with Crippen molar-refractivity contribution < 1.29 is 18.7 Å². The smallest absolute Gasteiger partial charge is 0.267 e. The SMILES string of the molecule is C/C(=C\C(=N/C(=N)c1ccc(Oc2ccc(Cl)cc2F)cc1)C(N)=O)N[C@H]1CCNC1=O. The number of hydrogen-bond acceptors (Lipinski definition) is 5. The summed E-state index contributed by atoms with van der Waals surface area (Å²) in [5, 5.41) is 14.1. The summed E-state index contributed by atoms with van der Waals surface area (Å²) in [6, 6.07) is 9.85. The first-order chi connectivity index (χ1) is 15.2. The summed E-state index contributed by atoms with van der Waals surface area (Å²) in [5.74, 6) is -1.39. The lowest BCUT2D eigenvalue weighted by Gasteiger charge is -2.11. The number of nitrogens with two attached hydrogens (primary N) is 1. The van der Waals surface area contributed by atoms with Crippen LogP contribution < -0.4 is 21.1 Å². The highest BCUT2D eigenvalue weighted by Crippen LogP contribution is 2.26. The van der Waals surface area contributed by atoms with Crippen LogP contribution >= 0.6 is 11.6 Å². The number of hydrogen-bond donors (Lipinski definition) is 4. The number of primary amides is 1. The van der Waals surface area contributed by atoms with Crippen LogP contribution in [0.4, 0.5) is 4.39 Å². The van der Waals surface area contributed by atoms with Gasteiger partial charge in [-0.2, -0.15) is 0 Å². The topological polar surface area (TPSA) is 130 Å². The Morgan fingerprint density at radius 3 is 2.66 bits per heavy atom. The van der Waals surface area contributed by atoms with E-state index in [1.165, 1.54) is 18.2 Å². The van der Waals surface area contributed by atoms with Gasteiger partial charge < -0.3 is 21.1 Å². The molecule has 10 heteroatoms. The maximum Gasteiger partial charge on any atom is 0.267 e. The van der Waals surface area contributed by atoms with Crippen LogP contribution in [0.5, 0.6) is 11.5 Å². The van der Waals surface area contributed by atoms with Crippen molar-refractivity contribution in [3.8, 4) is 11.5 Å². The maximum absolute atomic E-state index is 13.9. The summed E-state index contributed by atoms with van der Waals surface area (Å²) in [5.41, 5.74) is 6.17. The fraction of sp³-hybridized carbons (Fsp3) is 0.182. The summed E-state index contributed by atoms with van der Waals surface area (Å²) < 4.78 is 19.4. The van der Waals surface area contributed by atoms with E-state index >= 15 is 0 Å². The molecule has 1 aliphatic rings. The van der Waals surface area contributed by atoms with Crippen molar-refractivity contribution in [1.29, 1.82) is 5.41 Å². The third kappa shape index (κ3) is 5.92. The van der Waals surface area contributed by atoms with Gasteiger partial charge in [-0.05, 0) is 61.9 Å². The Bertz CT molecular complexity index is 1120. The van der Waals surface area contributed by atoms with Crippen molar-refractivity contribution in [2.24, 2.45) is 10.7 Å². The van der Waals surface area contributed by atoms with Crippen LogP contribution in [0.1, 0.15) is 18.9 Å². The first kappa shape index (κ1) is 23.0. The van der Waals surface area contributed by atoms with E-state index in [4.69, 9.17) is 27.5 Å². The minimum absolute atomic E-state index is 0.00955. The zero-order valence-corrected chi connectivity index (χ0v) is 17.9. The van der Waals surface area contributed by atoms with Gasteiger partial charge in [-0.3, -0.25) is 15.0 Å². The predicted octanol–water partition coefficient (Wildman–Crippen LogP) is 2.90. The molecule has 0 spiro atoms. The van der Waals surface area contributed by atoms with Gasteiger partial charge in [0.15, 0.2) is 17.4 Å². The molecule has 0 saturated carbocycles. The normalized spacial score (nSPS) is 16.5. The summed E-state index contributed by atoms with van der Waals surface area (Å²) in [6.45, 7) is 2.26. The molecule has 0 aromatic heterocycles. The monoisotopic (exact) mass is 457 g/mol. The minimum atomic E-state index is -0.815. The van der Waals surface area contributed by atoms with Crippen LogP contribution in [0.2, 0.25) is 5.02 Å². The summed E-state index contributed by atoms with van der Waals surface area (Å²) in [4.78, 5) is 27.5. The predicted molar refractivity (Wildman–Crippen MR) is 120 cm³/mol. The zero-order valence-electron chi connectivity index (χ0n) is 17.1. The number of halogens is 2. The van der Waals surface area contributed by atoms with E-state index in [9.17, 15) is 14.0 Å². The molecule has 5 N–H and O–H groups in total. The van der Waals surface area contributed by atoms with E-state index in [-0.39, 0.29) is 28.2 Å². The number of carbonyl (C=O) groups is 2. The Kier molecular flexibility index (Phi) is 7.21. The molecule has 166 valence electrons. The molecule has 2 amide bonds. The third-order valence-electron chi connectivity index (χ3n) is 4.54. The molecule has 3 rings (SSSR count). The van der Waals surface area contributed by atoms with Gasteiger partial charge in [0, 0.05) is 22.8 Å². The molecule has 1 heterocycles. The number of rotatable bonds is 7. The number of benzene rings is 2. The third-order valence-corrected chi connectivity index (χ3v) is 4.77. The van der Waals surface area contributed by atoms with Gasteiger partial charge in [-0.25, -0.2) is 9.38 Å². The number of carbonyl (C=O) groups excluding carboxylic acids is 2. The van der Waals surface area contributed by atoms with Crippen molar-refractivity contribution in [3.63, 3.8) is 0 Å². The highest BCUT2D eigenvalue weighted by Gasteiger charge is 2.23. The van der Waals surface area contributed by atoms with E-state index in [0.717, 1.165) is 6.07 Å². The maximum atomic E-state index is 13.9. The number of allylic oxidation sites excluding steroid dienone is 1. The molecular formula is C22H21ClFN5O3. The second kappa shape index (κ2) is 10.1. The molecule has 0 radical (unpaired) electrons. The van der Waals surface area contributed by atoms with Crippen LogP contribution in [0, 0.1) is 11.2 Å². The molecular weight excluding hydrogens is 437 g/mol. The van der Waals surface area contributed by atoms with E-state index in [2.05, 4.69) is 15.6 Å². The zero-order chi connectivity index (χ0) is 23.3. The van der Waals surface area contributed by atoms with Crippen LogP contribution in [0.25, 0.3) is 0 Å². The summed E-state index contributed by atoms with van der Waals surface area (Å²) >= 11 is 5.73. The standard InChI is InChI=1S/C22H21ClFN5O3/c1-12(28-17-8-9-27-22(17)31)10-18(21(26)30)29-20(25)13-2-5-15(6-3-13)32-19-7-4-14(23)11-16(19)24/h2-7,10-11,17,25,28H,8-9H2,1H3,(H2,26,30)(H,27,31)/b12-10+,25-20?,29-18+/t17-/m0/s1. The number of nitrogens with zero attached hydrogens (tertiary/aromatic N) is 1. The second-order valence-electron chi connectivity index (χ2n) is 7.02. The molecule has 0 unspecified atom stereocenters. The van der Waals surface area contributed by atoms with Crippen LogP contribution in [-0.4, -0.2) is 35.9 Å². The molecule has 0 bridgehead atoms. The minimum Gasteiger partial charge on any atom is -0.454 e. The van der Waals surface area contributed by atoms with Crippen LogP contribution in [0.3, 0.4) is 0 Å². The van der Waals surface area contributed by atoms with E-state index in [0.29, 0.717) is 30.0 Å². The molecule has 0 aliphatic carbocycles. The molecule has 1 fully saturated rings. The number of ether oxygens (including phenoxy) is 1. The average Bonchev–Trinajstić information content (AvgIpc) is 3.14. The first-order valence-corrected chi connectivity index (χ1v) is 10.0. The highest BCUT2D eigenvalue weighted by atomic mass is 35.5. The number of amidine groups is 1. The lowest BCUT2D eigenvalue weighted by molar-refractivity contribution is -0.120. The largest absolute Gasteiger partial charge is 0.454 e. The van der Waals surface area contributed by atoms with Crippen molar-refractivity contribution in [3.05, 3.63) is 70.6 Å². The van der Waals surface area contributed by atoms with E-state index < -0.39 is 17.8 Å². The molecule has 1 atom stereocenters. The molecule has 2 aromatic carbocycles. The number of aliphatic imine (C=N–C) groups is 1. The van der Waals surface area contributed by atoms with Crippen molar-refractivity contribution in [2.45, 2.75) is 19.4 Å². The van der Waals surface area contributed by atoms with Gasteiger partial charge in [0.2, 0.25) is 5.91 Å².